The van der Waals surface area contributed by atoms with Gasteiger partial charge in [0.15, 0.2) is 6.10 Å². The van der Waals surface area contributed by atoms with Gasteiger partial charge in [-0.2, -0.15) is 0 Å². The Morgan fingerprint density at radius 3 is 1.10 bits per heavy atom. The maximum atomic E-state index is 12.7. The number of phosphoric ester groups is 1. The van der Waals surface area contributed by atoms with Gasteiger partial charge in [0, 0.05) is 12.8 Å². The number of hydrogen-bond acceptors (Lipinski definition) is 7. The summed E-state index contributed by atoms with van der Waals surface area (Å²) in [7, 11) is 1.50. The van der Waals surface area contributed by atoms with Gasteiger partial charge in [-0.05, 0) is 12.8 Å². The highest BCUT2D eigenvalue weighted by Crippen LogP contribution is 2.43. The molecule has 0 aliphatic carbocycles. The first-order valence-electron chi connectivity index (χ1n) is 24.8. The Morgan fingerprint density at radius 2 is 0.776 bits per heavy atom. The molecule has 0 aliphatic heterocycles. The Morgan fingerprint density at radius 1 is 0.466 bits per heavy atom. The second-order valence-electron chi connectivity index (χ2n) is 18.2. The van der Waals surface area contributed by atoms with Crippen LogP contribution < -0.4 is 0 Å². The van der Waals surface area contributed by atoms with Gasteiger partial charge in [-0.1, -0.05) is 219 Å². The van der Waals surface area contributed by atoms with Crippen molar-refractivity contribution < 1.29 is 42.1 Å². The molecule has 0 rings (SSSR count). The van der Waals surface area contributed by atoms with Crippen molar-refractivity contribution in [1.82, 2.24) is 0 Å². The SMILES string of the molecule is CCCCCCCCCCCCCCCCCCCCCCCCC(=O)O[C@H](COC(=O)CCCCCCCCCCCCCC)COP(=O)(O)OCC[N+](C)(C)C. The Bertz CT molecular complexity index is 958. The predicted octanol–water partition coefficient (Wildman–Crippen LogP) is 14.4. The van der Waals surface area contributed by atoms with Crippen molar-refractivity contribution in [1.29, 1.82) is 0 Å². The lowest BCUT2D eigenvalue weighted by molar-refractivity contribution is -0.870. The highest BCUT2D eigenvalue weighted by Gasteiger charge is 2.27. The molecule has 0 saturated carbocycles. The average Bonchev–Trinajstić information content (AvgIpc) is 3.17. The third kappa shape index (κ3) is 44.6. The quantitative estimate of drug-likeness (QED) is 0.0279. The molecule has 0 heterocycles. The number of unbranched alkanes of at least 4 members (excludes halogenated alkanes) is 32. The minimum absolute atomic E-state index is 0.0370. The van der Waals surface area contributed by atoms with Crippen molar-refractivity contribution in [2.45, 2.75) is 251 Å². The summed E-state index contributed by atoms with van der Waals surface area (Å²) in [5.41, 5.74) is 0. The standard InChI is InChI=1S/C48H96NO8P/c1-6-8-10-12-14-16-18-20-21-22-23-24-25-26-27-28-29-31-33-35-37-39-41-48(51)57-46(45-56-58(52,53)55-43-42-49(3,4)5)44-54-47(50)40-38-36-34-32-30-19-17-15-13-11-9-7-2/h46H,6-45H2,1-5H3/p+1/t46-/m1/s1. The Kier molecular flexibility index (Phi) is 40.7. The Hall–Kier alpha value is -0.990. The second kappa shape index (κ2) is 41.4. The number of nitrogens with zero attached hydrogens (tertiary/aromatic N) is 1. The maximum Gasteiger partial charge on any atom is 0.472 e. The molecule has 0 fully saturated rings. The summed E-state index contributed by atoms with van der Waals surface area (Å²) in [6, 6.07) is 0. The van der Waals surface area contributed by atoms with E-state index in [4.69, 9.17) is 18.5 Å². The lowest BCUT2D eigenvalue weighted by atomic mass is 10.0. The molecule has 2 atom stereocenters. The summed E-state index contributed by atoms with van der Waals surface area (Å²) in [6.07, 6.45) is 43.0. The molecular formula is C48H97NO8P+. The molecule has 0 radical (unpaired) electrons. The topological polar surface area (TPSA) is 108 Å². The van der Waals surface area contributed by atoms with E-state index in [0.717, 1.165) is 38.5 Å². The highest BCUT2D eigenvalue weighted by atomic mass is 31.2. The first-order chi connectivity index (χ1) is 28.0. The zero-order valence-electron chi connectivity index (χ0n) is 39.1. The van der Waals surface area contributed by atoms with Crippen LogP contribution in [0.25, 0.3) is 0 Å². The van der Waals surface area contributed by atoms with Crippen molar-refractivity contribution in [3.05, 3.63) is 0 Å². The van der Waals surface area contributed by atoms with Crippen molar-refractivity contribution in [2.24, 2.45) is 0 Å². The minimum Gasteiger partial charge on any atom is -0.462 e. The second-order valence-corrected chi connectivity index (χ2v) is 19.7. The molecule has 1 unspecified atom stereocenters. The van der Waals surface area contributed by atoms with E-state index in [1.54, 1.807) is 0 Å². The zero-order valence-corrected chi connectivity index (χ0v) is 40.0. The fourth-order valence-corrected chi connectivity index (χ4v) is 7.99. The Balaban J connectivity index is 4.17. The lowest BCUT2D eigenvalue weighted by Crippen LogP contribution is -2.37. The number of ether oxygens (including phenoxy) is 2. The fraction of sp³-hybridized carbons (Fsp3) is 0.958. The van der Waals surface area contributed by atoms with Crippen LogP contribution in [0.2, 0.25) is 0 Å². The van der Waals surface area contributed by atoms with Crippen LogP contribution in [0.4, 0.5) is 0 Å². The van der Waals surface area contributed by atoms with Crippen molar-refractivity contribution in [3.8, 4) is 0 Å². The number of carbonyl (C=O) groups excluding carboxylic acids is 2. The molecule has 0 bridgehead atoms. The maximum absolute atomic E-state index is 12.7. The van der Waals surface area contributed by atoms with E-state index in [0.29, 0.717) is 17.4 Å². The molecule has 0 aliphatic rings. The van der Waals surface area contributed by atoms with Gasteiger partial charge in [0.05, 0.1) is 27.7 Å². The van der Waals surface area contributed by atoms with Gasteiger partial charge in [-0.25, -0.2) is 4.57 Å². The molecule has 9 nitrogen and oxygen atoms in total. The van der Waals surface area contributed by atoms with Crippen molar-refractivity contribution in [3.63, 3.8) is 0 Å². The van der Waals surface area contributed by atoms with Crippen LogP contribution in [0, 0.1) is 0 Å². The average molecular weight is 847 g/mol. The van der Waals surface area contributed by atoms with Crippen LogP contribution in [0.1, 0.15) is 245 Å². The minimum atomic E-state index is -4.37. The summed E-state index contributed by atoms with van der Waals surface area (Å²) in [5, 5.41) is 0. The van der Waals surface area contributed by atoms with Crippen molar-refractivity contribution >= 4 is 19.8 Å². The number of esters is 2. The number of likely N-dealkylation sites (N-methyl/N-ethyl adjacent to an activating group) is 1. The van der Waals surface area contributed by atoms with E-state index in [1.165, 1.54) is 180 Å². The third-order valence-electron chi connectivity index (χ3n) is 11.1. The van der Waals surface area contributed by atoms with E-state index in [-0.39, 0.29) is 25.6 Å². The molecule has 0 amide bonds. The summed E-state index contributed by atoms with van der Waals surface area (Å²) < 4.78 is 34.4. The van der Waals surface area contributed by atoms with Crippen LogP contribution in [0.15, 0.2) is 0 Å². The highest BCUT2D eigenvalue weighted by molar-refractivity contribution is 7.47. The first kappa shape index (κ1) is 57.0. The number of rotatable bonds is 46. The largest absolute Gasteiger partial charge is 0.472 e. The van der Waals surface area contributed by atoms with E-state index >= 15 is 0 Å². The molecule has 0 aromatic heterocycles. The molecule has 0 spiro atoms. The number of hydrogen-bond donors (Lipinski definition) is 1. The molecular weight excluding hydrogens is 750 g/mol. The van der Waals surface area contributed by atoms with E-state index in [2.05, 4.69) is 13.8 Å². The molecule has 346 valence electrons. The summed E-state index contributed by atoms with van der Waals surface area (Å²) >= 11 is 0. The van der Waals surface area contributed by atoms with E-state index in [9.17, 15) is 19.0 Å². The smallest absolute Gasteiger partial charge is 0.462 e. The van der Waals surface area contributed by atoms with E-state index in [1.807, 2.05) is 21.1 Å². The zero-order chi connectivity index (χ0) is 42.8. The molecule has 58 heavy (non-hydrogen) atoms. The van der Waals surface area contributed by atoms with Crippen LogP contribution in [-0.4, -0.2) is 74.9 Å². The van der Waals surface area contributed by atoms with Gasteiger partial charge in [0.1, 0.15) is 19.8 Å². The van der Waals surface area contributed by atoms with Crippen LogP contribution in [0.3, 0.4) is 0 Å². The summed E-state index contributed by atoms with van der Waals surface area (Å²) in [4.78, 5) is 35.4. The van der Waals surface area contributed by atoms with Gasteiger partial charge in [-0.3, -0.25) is 18.6 Å². The van der Waals surface area contributed by atoms with Crippen LogP contribution in [0.5, 0.6) is 0 Å². The monoisotopic (exact) mass is 847 g/mol. The summed E-state index contributed by atoms with van der Waals surface area (Å²) in [6.45, 7) is 4.47. The Labute approximate surface area is 359 Å². The van der Waals surface area contributed by atoms with Crippen molar-refractivity contribution in [2.75, 3.05) is 47.5 Å². The fourth-order valence-electron chi connectivity index (χ4n) is 7.25. The van der Waals surface area contributed by atoms with Gasteiger partial charge < -0.3 is 18.9 Å². The van der Waals surface area contributed by atoms with E-state index < -0.39 is 26.5 Å². The number of quaternary nitrogens is 1. The first-order valence-corrected chi connectivity index (χ1v) is 26.3. The predicted molar refractivity (Wildman–Crippen MR) is 243 cm³/mol. The molecule has 1 N–H and O–H groups in total. The molecule has 10 heteroatoms. The van der Waals surface area contributed by atoms with Crippen LogP contribution >= 0.6 is 7.82 Å². The lowest BCUT2D eigenvalue weighted by Gasteiger charge is -2.24. The van der Waals surface area contributed by atoms with Gasteiger partial charge in [0.25, 0.3) is 0 Å². The van der Waals surface area contributed by atoms with Crippen LogP contribution in [-0.2, 0) is 32.7 Å². The number of phosphoric acid groups is 1. The summed E-state index contributed by atoms with van der Waals surface area (Å²) in [5.74, 6) is -0.781. The third-order valence-corrected chi connectivity index (χ3v) is 12.1. The molecule has 0 saturated heterocycles. The molecule has 0 aromatic carbocycles. The molecule has 0 aromatic rings. The van der Waals surface area contributed by atoms with Gasteiger partial charge in [0.2, 0.25) is 0 Å². The normalized spacial score (nSPS) is 13.4. The van der Waals surface area contributed by atoms with Gasteiger partial charge >= 0.3 is 19.8 Å². The number of carbonyl (C=O) groups is 2. The van der Waals surface area contributed by atoms with Gasteiger partial charge in [-0.15, -0.1) is 0 Å².